The van der Waals surface area contributed by atoms with Gasteiger partial charge in [-0.2, -0.15) is 0 Å². The van der Waals surface area contributed by atoms with Crippen LogP contribution in [0.5, 0.6) is 0 Å². The molecule has 0 saturated carbocycles. The van der Waals surface area contributed by atoms with Crippen LogP contribution in [-0.2, 0) is 9.53 Å². The average molecular weight is 345 g/mol. The van der Waals surface area contributed by atoms with Gasteiger partial charge in [-0.05, 0) is 12.1 Å². The third kappa shape index (κ3) is 3.18. The van der Waals surface area contributed by atoms with Crippen LogP contribution in [0.1, 0.15) is 22.8 Å². The van der Waals surface area contributed by atoms with Crippen molar-refractivity contribution in [2.75, 3.05) is 18.2 Å². The van der Waals surface area contributed by atoms with Crippen molar-refractivity contribution < 1.29 is 14.3 Å². The van der Waals surface area contributed by atoms with Gasteiger partial charge < -0.3 is 10.1 Å². The van der Waals surface area contributed by atoms with Gasteiger partial charge in [-0.1, -0.05) is 23.9 Å². The molecular weight excluding hydrogens is 330 g/mol. The summed E-state index contributed by atoms with van der Waals surface area (Å²) in [7, 11) is 1.28. The van der Waals surface area contributed by atoms with Crippen molar-refractivity contribution in [3.05, 3.63) is 52.4 Å². The van der Waals surface area contributed by atoms with E-state index in [9.17, 15) is 14.4 Å². The smallest absolute Gasteiger partial charge is 0.339 e. The Morgan fingerprint density at radius 1 is 1.38 bits per heavy atom. The van der Waals surface area contributed by atoms with E-state index in [0.717, 1.165) is 0 Å². The second-order valence-electron chi connectivity index (χ2n) is 5.19. The molecule has 1 aromatic heterocycles. The minimum atomic E-state index is -0.520. The van der Waals surface area contributed by atoms with E-state index >= 15 is 0 Å². The molecule has 3 rings (SSSR count). The van der Waals surface area contributed by atoms with E-state index in [1.807, 2.05) is 0 Å². The lowest BCUT2D eigenvalue weighted by Gasteiger charge is -2.14. The molecule has 1 aromatic carbocycles. The number of hydrogen-bond donors (Lipinski definition) is 1. The quantitative estimate of drug-likeness (QED) is 0.670. The highest BCUT2D eigenvalue weighted by Gasteiger charge is 2.27. The molecular formula is C16H15N3O4S. The lowest BCUT2D eigenvalue weighted by atomic mass is 10.1. The predicted molar refractivity (Wildman–Crippen MR) is 89.3 cm³/mol. The number of esters is 1. The van der Waals surface area contributed by atoms with Gasteiger partial charge in [0.2, 0.25) is 5.91 Å². The zero-order valence-corrected chi connectivity index (χ0v) is 13.7. The van der Waals surface area contributed by atoms with Gasteiger partial charge in [0.1, 0.15) is 0 Å². The second-order valence-corrected chi connectivity index (χ2v) is 6.18. The van der Waals surface area contributed by atoms with Crippen LogP contribution in [0.25, 0.3) is 0 Å². The monoisotopic (exact) mass is 345 g/mol. The van der Waals surface area contributed by atoms with Crippen molar-refractivity contribution in [3.8, 4) is 0 Å². The third-order valence-corrected chi connectivity index (χ3v) is 4.75. The molecule has 0 saturated heterocycles. The molecule has 0 aliphatic carbocycles. The van der Waals surface area contributed by atoms with Crippen LogP contribution in [0, 0.1) is 0 Å². The third-order valence-electron chi connectivity index (χ3n) is 3.64. The van der Waals surface area contributed by atoms with Gasteiger partial charge in [0, 0.05) is 24.4 Å². The number of ether oxygens (including phenoxy) is 1. The van der Waals surface area contributed by atoms with Crippen molar-refractivity contribution in [3.63, 3.8) is 0 Å². The molecule has 2 aromatic rings. The van der Waals surface area contributed by atoms with Crippen LogP contribution in [0.2, 0.25) is 0 Å². The lowest BCUT2D eigenvalue weighted by Crippen LogP contribution is -2.27. The van der Waals surface area contributed by atoms with Gasteiger partial charge in [0.05, 0.1) is 24.4 Å². The maximum Gasteiger partial charge on any atom is 0.339 e. The molecule has 0 fully saturated rings. The van der Waals surface area contributed by atoms with Gasteiger partial charge in [-0.25, -0.2) is 9.78 Å². The summed E-state index contributed by atoms with van der Waals surface area (Å²) in [5.74, 6) is -0.188. The Bertz CT molecular complexity index is 849. The number of carbonyl (C=O) groups is 2. The number of nitrogens with zero attached hydrogens (tertiary/aromatic N) is 2. The van der Waals surface area contributed by atoms with Crippen molar-refractivity contribution in [1.29, 1.82) is 0 Å². The summed E-state index contributed by atoms with van der Waals surface area (Å²) in [6.07, 6.45) is 1.59. The van der Waals surface area contributed by atoms with E-state index in [1.165, 1.54) is 35.7 Å². The zero-order chi connectivity index (χ0) is 17.1. The molecule has 0 spiro atoms. The Labute approximate surface area is 142 Å². The zero-order valence-electron chi connectivity index (χ0n) is 12.9. The number of amides is 1. The minimum absolute atomic E-state index is 0.126. The number of carbonyl (C=O) groups excluding carboxylic acids is 2. The summed E-state index contributed by atoms with van der Waals surface area (Å²) < 4.78 is 6.25. The topological polar surface area (TPSA) is 90.3 Å². The van der Waals surface area contributed by atoms with E-state index in [-0.39, 0.29) is 29.5 Å². The van der Waals surface area contributed by atoms with Gasteiger partial charge in [0.15, 0.2) is 5.16 Å². The van der Waals surface area contributed by atoms with Crippen molar-refractivity contribution in [1.82, 2.24) is 9.55 Å². The first-order chi connectivity index (χ1) is 11.6. The fourth-order valence-corrected chi connectivity index (χ4v) is 3.66. The van der Waals surface area contributed by atoms with Crippen LogP contribution in [0.3, 0.4) is 0 Å². The van der Waals surface area contributed by atoms with Crippen molar-refractivity contribution >= 4 is 29.3 Å². The Hall–Kier alpha value is -2.61. The number of rotatable bonds is 4. The van der Waals surface area contributed by atoms with Crippen LogP contribution >= 0.6 is 11.8 Å². The van der Waals surface area contributed by atoms with E-state index < -0.39 is 5.97 Å². The number of fused-ring (bicyclic) bond motifs is 1. The standard InChI is InChI=1S/C16H15N3O4S/c1-23-15(22)11-4-2-3-5-12(11)18-13(20)8-10-9-24-16-17-7-6-14(21)19(10)16/h2-7,10H,8-9H2,1H3,(H,18,20). The molecule has 1 amide bonds. The van der Waals surface area contributed by atoms with E-state index in [0.29, 0.717) is 16.6 Å². The lowest BCUT2D eigenvalue weighted by molar-refractivity contribution is -0.116. The number of thioether (sulfide) groups is 1. The highest BCUT2D eigenvalue weighted by molar-refractivity contribution is 7.99. The second kappa shape index (κ2) is 6.88. The predicted octanol–water partition coefficient (Wildman–Crippen LogP) is 1.71. The summed E-state index contributed by atoms with van der Waals surface area (Å²) in [5.41, 5.74) is 0.505. The Kier molecular flexibility index (Phi) is 4.66. The number of aromatic nitrogens is 2. The summed E-state index contributed by atoms with van der Waals surface area (Å²) in [4.78, 5) is 40.2. The van der Waals surface area contributed by atoms with Crippen molar-refractivity contribution in [2.24, 2.45) is 0 Å². The molecule has 24 heavy (non-hydrogen) atoms. The molecule has 2 heterocycles. The summed E-state index contributed by atoms with van der Waals surface area (Å²) in [5, 5.41) is 3.34. The summed E-state index contributed by atoms with van der Waals surface area (Å²) >= 11 is 1.45. The van der Waals surface area contributed by atoms with Crippen LogP contribution in [0.15, 0.2) is 46.5 Å². The molecule has 0 bridgehead atoms. The van der Waals surface area contributed by atoms with Crippen molar-refractivity contribution in [2.45, 2.75) is 17.6 Å². The molecule has 1 unspecified atom stereocenters. The normalized spacial score (nSPS) is 15.6. The highest BCUT2D eigenvalue weighted by atomic mass is 32.2. The molecule has 1 aliphatic rings. The molecule has 1 aliphatic heterocycles. The summed E-state index contributed by atoms with van der Waals surface area (Å²) in [6.45, 7) is 0. The molecule has 0 radical (unpaired) electrons. The first kappa shape index (κ1) is 16.3. The Balaban J connectivity index is 1.75. The highest BCUT2D eigenvalue weighted by Crippen LogP contribution is 2.31. The van der Waals surface area contributed by atoms with E-state index in [1.54, 1.807) is 24.3 Å². The van der Waals surface area contributed by atoms with Gasteiger partial charge in [-0.3, -0.25) is 14.2 Å². The first-order valence-electron chi connectivity index (χ1n) is 7.27. The SMILES string of the molecule is COC(=O)c1ccccc1NC(=O)CC1CSc2nccc(=O)n21. The maximum absolute atomic E-state index is 12.3. The van der Waals surface area contributed by atoms with E-state index in [4.69, 9.17) is 4.74 Å². The largest absolute Gasteiger partial charge is 0.465 e. The van der Waals surface area contributed by atoms with Gasteiger partial charge in [0.25, 0.3) is 5.56 Å². The fraction of sp³-hybridized carbons (Fsp3) is 0.250. The van der Waals surface area contributed by atoms with Crippen LogP contribution < -0.4 is 10.9 Å². The number of benzene rings is 1. The number of anilines is 1. The number of hydrogen-bond acceptors (Lipinski definition) is 6. The number of nitrogens with one attached hydrogen (secondary N) is 1. The summed E-state index contributed by atoms with van der Waals surface area (Å²) in [6, 6.07) is 7.75. The number of methoxy groups -OCH3 is 1. The molecule has 8 heteroatoms. The maximum atomic E-state index is 12.3. The molecule has 1 N–H and O–H groups in total. The minimum Gasteiger partial charge on any atom is -0.465 e. The Morgan fingerprint density at radius 3 is 2.96 bits per heavy atom. The Morgan fingerprint density at radius 2 is 2.17 bits per heavy atom. The van der Waals surface area contributed by atoms with E-state index in [2.05, 4.69) is 10.3 Å². The molecule has 1 atom stereocenters. The fourth-order valence-electron chi connectivity index (χ4n) is 2.54. The van der Waals surface area contributed by atoms with Gasteiger partial charge >= 0.3 is 5.97 Å². The first-order valence-corrected chi connectivity index (χ1v) is 8.26. The molecule has 7 nitrogen and oxygen atoms in total. The van der Waals surface area contributed by atoms with Crippen LogP contribution in [-0.4, -0.2) is 34.3 Å². The van der Waals surface area contributed by atoms with Gasteiger partial charge in [-0.15, -0.1) is 0 Å². The average Bonchev–Trinajstić information content (AvgIpc) is 2.99. The molecule has 124 valence electrons. The van der Waals surface area contributed by atoms with Crippen LogP contribution in [0.4, 0.5) is 5.69 Å². The number of para-hydroxylation sites is 1.